The van der Waals surface area contributed by atoms with Crippen molar-refractivity contribution < 1.29 is 4.21 Å². The Labute approximate surface area is 121 Å². The Kier molecular flexibility index (Phi) is 5.81. The highest BCUT2D eigenvalue weighted by Crippen LogP contribution is 2.14. The van der Waals surface area contributed by atoms with Crippen molar-refractivity contribution in [1.29, 1.82) is 0 Å². The molecule has 0 saturated carbocycles. The zero-order valence-electron chi connectivity index (χ0n) is 8.00. The molecule has 17 heavy (non-hydrogen) atoms. The minimum atomic E-state index is -1.67. The molecule has 92 valence electrons. The molecule has 2 N–H and O–H groups in total. The van der Waals surface area contributed by atoms with Crippen LogP contribution in [0.5, 0.6) is 0 Å². The molecule has 0 spiro atoms. The number of hydrogen-bond acceptors (Lipinski definition) is 3. The average molecular weight is 376 g/mol. The summed E-state index contributed by atoms with van der Waals surface area (Å²) >= 11 is 8.13. The van der Waals surface area contributed by atoms with E-state index in [1.807, 2.05) is 12.1 Å². The molecule has 0 unspecified atom stereocenters. The third kappa shape index (κ3) is 4.89. The number of nitrogens with one attached hydrogen (secondary N) is 2. The van der Waals surface area contributed by atoms with Crippen LogP contribution in [0.25, 0.3) is 10.9 Å². The molecule has 2 rings (SSSR count). The Morgan fingerprint density at radius 3 is 2.47 bits per heavy atom. The molecule has 0 atom stereocenters. The van der Waals surface area contributed by atoms with Gasteiger partial charge in [-0.05, 0) is 30.4 Å². The number of fused-ring (bicyclic) bond motifs is 1. The van der Waals surface area contributed by atoms with Gasteiger partial charge in [0.1, 0.15) is 0 Å². The van der Waals surface area contributed by atoms with Gasteiger partial charge in [-0.25, -0.2) is 4.21 Å². The zero-order valence-corrected chi connectivity index (χ0v) is 12.7. The Bertz CT molecular complexity index is 666. The fourth-order valence-corrected chi connectivity index (χ4v) is 1.70. The quantitative estimate of drug-likeness (QED) is 0.547. The first kappa shape index (κ1) is 14.8. The first-order valence-corrected chi connectivity index (χ1v) is 8.06. The van der Waals surface area contributed by atoms with Gasteiger partial charge in [0.25, 0.3) is 5.56 Å². The summed E-state index contributed by atoms with van der Waals surface area (Å²) in [6.07, 6.45) is 0. The summed E-state index contributed by atoms with van der Waals surface area (Å²) in [7, 11) is 7.36. The number of aromatic nitrogens is 2. The number of halogens is 3. The molecule has 1 heterocycles. The van der Waals surface area contributed by atoms with Crippen molar-refractivity contribution in [2.24, 2.45) is 0 Å². The smallest absolute Gasteiger partial charge is 0.259 e. The molecular formula is C8H5BrCl2N2O2S2. The van der Waals surface area contributed by atoms with E-state index >= 15 is 0 Å². The molecule has 0 fully saturated rings. The predicted octanol–water partition coefficient (Wildman–Crippen LogP) is 3.39. The maximum atomic E-state index is 11.4. The molecule has 0 radical (unpaired) electrons. The van der Waals surface area contributed by atoms with Crippen molar-refractivity contribution in [2.75, 3.05) is 0 Å². The Balaban J connectivity index is 0.000000317. The number of benzene rings is 1. The number of aromatic amines is 2. The monoisotopic (exact) mass is 374 g/mol. The fourth-order valence-electron chi connectivity index (χ4n) is 1.14. The van der Waals surface area contributed by atoms with E-state index < -0.39 is 9.23 Å². The largest absolute Gasteiger partial charge is 0.332 e. The lowest BCUT2D eigenvalue weighted by atomic mass is 10.2. The number of rotatable bonds is 0. The Morgan fingerprint density at radius 2 is 1.88 bits per heavy atom. The van der Waals surface area contributed by atoms with Gasteiger partial charge >= 0.3 is 0 Å². The van der Waals surface area contributed by atoms with Crippen LogP contribution in [-0.2, 0) is 9.23 Å². The molecule has 0 bridgehead atoms. The lowest BCUT2D eigenvalue weighted by Gasteiger charge is -1.96. The van der Waals surface area contributed by atoms with Crippen LogP contribution < -0.4 is 5.56 Å². The minimum Gasteiger partial charge on any atom is -0.332 e. The van der Waals surface area contributed by atoms with Gasteiger partial charge in [-0.3, -0.25) is 9.78 Å². The Morgan fingerprint density at radius 1 is 1.29 bits per heavy atom. The zero-order chi connectivity index (χ0) is 13.0. The highest BCUT2D eigenvalue weighted by atomic mass is 79.9. The van der Waals surface area contributed by atoms with Crippen LogP contribution in [-0.4, -0.2) is 14.2 Å². The topological polar surface area (TPSA) is 65.7 Å². The molecule has 1 aromatic heterocycles. The van der Waals surface area contributed by atoms with Gasteiger partial charge in [0, 0.05) is 25.8 Å². The molecular weight excluding hydrogens is 371 g/mol. The second-order valence-electron chi connectivity index (χ2n) is 2.78. The lowest BCUT2D eigenvalue weighted by Crippen LogP contribution is -2.07. The third-order valence-electron chi connectivity index (χ3n) is 1.70. The van der Waals surface area contributed by atoms with Crippen molar-refractivity contribution in [3.05, 3.63) is 37.8 Å². The van der Waals surface area contributed by atoms with E-state index in [1.54, 1.807) is 6.07 Å². The van der Waals surface area contributed by atoms with Crippen LogP contribution in [0.3, 0.4) is 0 Å². The van der Waals surface area contributed by atoms with Crippen molar-refractivity contribution in [1.82, 2.24) is 9.97 Å². The normalized spacial score (nSPS) is 10.1. The summed E-state index contributed by atoms with van der Waals surface area (Å²) in [4.78, 5) is 16.8. The van der Waals surface area contributed by atoms with Gasteiger partial charge in [-0.15, -0.1) is 0 Å². The first-order chi connectivity index (χ1) is 7.90. The SMILES string of the molecule is O=S(Cl)Cl.O=c1[nH]c(=S)[nH]c2ccc(Br)cc12. The van der Waals surface area contributed by atoms with Crippen molar-refractivity contribution in [3.63, 3.8) is 0 Å². The number of H-pyrrole nitrogens is 2. The summed E-state index contributed by atoms with van der Waals surface area (Å²) in [5.41, 5.74) is 0.581. The minimum absolute atomic E-state index is 0.167. The maximum Gasteiger partial charge on any atom is 0.259 e. The second kappa shape index (κ2) is 6.65. The van der Waals surface area contributed by atoms with Crippen molar-refractivity contribution in [2.45, 2.75) is 0 Å². The molecule has 0 amide bonds. The van der Waals surface area contributed by atoms with Crippen LogP contribution >= 0.6 is 49.5 Å². The van der Waals surface area contributed by atoms with E-state index in [4.69, 9.17) is 16.4 Å². The maximum absolute atomic E-state index is 11.4. The van der Waals surface area contributed by atoms with E-state index in [9.17, 15) is 4.79 Å². The summed E-state index contributed by atoms with van der Waals surface area (Å²) in [6.45, 7) is 0. The van der Waals surface area contributed by atoms with Crippen molar-refractivity contribution in [3.8, 4) is 0 Å². The number of hydrogen-bond donors (Lipinski definition) is 2. The fraction of sp³-hybridized carbons (Fsp3) is 0. The molecule has 9 heteroatoms. The molecule has 1 aromatic carbocycles. The summed E-state index contributed by atoms with van der Waals surface area (Å²) < 4.78 is 10.3. The molecule has 0 aliphatic carbocycles. The van der Waals surface area contributed by atoms with E-state index in [-0.39, 0.29) is 5.56 Å². The molecule has 0 aliphatic heterocycles. The van der Waals surface area contributed by atoms with E-state index in [2.05, 4.69) is 47.3 Å². The predicted molar refractivity (Wildman–Crippen MR) is 77.3 cm³/mol. The summed E-state index contributed by atoms with van der Waals surface area (Å²) in [5, 5.41) is 0.600. The standard InChI is InChI=1S/C8H5BrN2OS.Cl2OS/c9-4-1-2-6-5(3-4)7(12)11-8(13)10-6;1-4(2)3/h1-3H,(H2,10,11,12,13);. The molecule has 4 nitrogen and oxygen atoms in total. The molecule has 2 aromatic rings. The Hall–Kier alpha value is -0.210. The van der Waals surface area contributed by atoms with Crippen molar-refractivity contribution >= 4 is 69.6 Å². The molecule has 0 aliphatic rings. The highest BCUT2D eigenvalue weighted by Gasteiger charge is 1.98. The second-order valence-corrected chi connectivity index (χ2v) is 6.63. The lowest BCUT2D eigenvalue weighted by molar-refractivity contribution is 0.698. The van der Waals surface area contributed by atoms with E-state index in [0.717, 1.165) is 9.99 Å². The van der Waals surface area contributed by atoms with Gasteiger partial charge in [-0.1, -0.05) is 15.9 Å². The first-order valence-electron chi connectivity index (χ1n) is 4.06. The van der Waals surface area contributed by atoms with Gasteiger partial charge < -0.3 is 4.98 Å². The molecule has 0 saturated heterocycles. The van der Waals surface area contributed by atoms with E-state index in [1.165, 1.54) is 0 Å². The van der Waals surface area contributed by atoms with E-state index in [0.29, 0.717) is 10.2 Å². The van der Waals surface area contributed by atoms with Crippen LogP contribution in [0.4, 0.5) is 0 Å². The average Bonchev–Trinajstić information content (AvgIpc) is 2.18. The van der Waals surface area contributed by atoms with Crippen LogP contribution in [0.1, 0.15) is 0 Å². The van der Waals surface area contributed by atoms with Crippen LogP contribution in [0, 0.1) is 4.77 Å². The van der Waals surface area contributed by atoms with Gasteiger partial charge in [0.05, 0.1) is 10.9 Å². The highest BCUT2D eigenvalue weighted by molar-refractivity contribution is 9.10. The van der Waals surface area contributed by atoms with Crippen LogP contribution in [0.2, 0.25) is 0 Å². The van der Waals surface area contributed by atoms with Gasteiger partial charge in [-0.2, -0.15) is 0 Å². The summed E-state index contributed by atoms with van der Waals surface area (Å²) in [5.74, 6) is 0. The van der Waals surface area contributed by atoms with Gasteiger partial charge in [0.2, 0.25) is 9.23 Å². The van der Waals surface area contributed by atoms with Crippen LogP contribution in [0.15, 0.2) is 27.5 Å². The third-order valence-corrected chi connectivity index (χ3v) is 2.40. The summed E-state index contributed by atoms with van der Waals surface area (Å²) in [6, 6.07) is 5.41. The van der Waals surface area contributed by atoms with Gasteiger partial charge in [0.15, 0.2) is 4.77 Å².